The summed E-state index contributed by atoms with van der Waals surface area (Å²) < 4.78 is 9.89. The smallest absolute Gasteiger partial charge is 0.233 e. The summed E-state index contributed by atoms with van der Waals surface area (Å²) in [7, 11) is 1.58. The molecule has 0 radical (unpaired) electrons. The van der Waals surface area contributed by atoms with Gasteiger partial charge >= 0.3 is 0 Å². The molecule has 0 fully saturated rings. The molecule has 1 aromatic heterocycles. The van der Waals surface area contributed by atoms with Gasteiger partial charge in [0.1, 0.15) is 16.7 Å². The number of anilines is 1. The van der Waals surface area contributed by atoms with Crippen LogP contribution in [0, 0.1) is 0 Å². The Bertz CT molecular complexity index is 408. The van der Waals surface area contributed by atoms with E-state index in [1.54, 1.807) is 7.11 Å². The van der Waals surface area contributed by atoms with Gasteiger partial charge in [0.15, 0.2) is 0 Å². The van der Waals surface area contributed by atoms with E-state index in [1.165, 1.54) is 0 Å². The van der Waals surface area contributed by atoms with Crippen molar-refractivity contribution < 1.29 is 9.26 Å². The van der Waals surface area contributed by atoms with Crippen molar-refractivity contribution in [2.75, 3.05) is 12.8 Å². The summed E-state index contributed by atoms with van der Waals surface area (Å²) >= 11 is 0. The molecule has 0 bridgehead atoms. The zero-order valence-electron chi connectivity index (χ0n) is 6.57. The lowest BCUT2D eigenvalue weighted by Gasteiger charge is -1.98. The van der Waals surface area contributed by atoms with E-state index in [0.29, 0.717) is 17.2 Å². The number of methoxy groups -OCH3 is 1. The van der Waals surface area contributed by atoms with E-state index in [4.69, 9.17) is 15.0 Å². The van der Waals surface area contributed by atoms with Gasteiger partial charge in [0.05, 0.1) is 7.11 Å². The number of hydrogen-bond donors (Lipinski definition) is 1. The summed E-state index contributed by atoms with van der Waals surface area (Å²) in [5.74, 6) is 0.980. The first-order chi connectivity index (χ1) is 5.83. The van der Waals surface area contributed by atoms with E-state index in [-0.39, 0.29) is 0 Å². The third kappa shape index (κ3) is 0.812. The Hall–Kier alpha value is -1.71. The zero-order chi connectivity index (χ0) is 8.55. The van der Waals surface area contributed by atoms with Crippen molar-refractivity contribution in [2.24, 2.45) is 0 Å². The highest BCUT2D eigenvalue weighted by Crippen LogP contribution is 2.29. The fourth-order valence-electron chi connectivity index (χ4n) is 1.16. The number of ether oxygens (including phenoxy) is 1. The Kier molecular flexibility index (Phi) is 1.40. The quantitative estimate of drug-likeness (QED) is 0.692. The number of aromatic nitrogens is 1. The van der Waals surface area contributed by atoms with Crippen molar-refractivity contribution in [3.8, 4) is 5.75 Å². The zero-order valence-corrected chi connectivity index (χ0v) is 6.57. The summed E-state index contributed by atoms with van der Waals surface area (Å²) in [5, 5.41) is 4.48. The van der Waals surface area contributed by atoms with Gasteiger partial charge in [0.2, 0.25) is 5.88 Å². The molecule has 2 aromatic rings. The topological polar surface area (TPSA) is 61.3 Å². The van der Waals surface area contributed by atoms with Gasteiger partial charge in [-0.2, -0.15) is 0 Å². The van der Waals surface area contributed by atoms with Crippen molar-refractivity contribution in [3.05, 3.63) is 18.2 Å². The Morgan fingerprint density at radius 2 is 2.33 bits per heavy atom. The first kappa shape index (κ1) is 6.97. The van der Waals surface area contributed by atoms with Crippen LogP contribution >= 0.6 is 0 Å². The highest BCUT2D eigenvalue weighted by Gasteiger charge is 2.09. The molecule has 62 valence electrons. The summed E-state index contributed by atoms with van der Waals surface area (Å²) in [4.78, 5) is 0. The molecule has 12 heavy (non-hydrogen) atoms. The Morgan fingerprint density at radius 3 is 3.08 bits per heavy atom. The van der Waals surface area contributed by atoms with Crippen LogP contribution in [0.4, 0.5) is 5.88 Å². The van der Waals surface area contributed by atoms with Crippen LogP contribution in [0.25, 0.3) is 10.9 Å². The van der Waals surface area contributed by atoms with Gasteiger partial charge in [-0.05, 0) is 12.1 Å². The van der Waals surface area contributed by atoms with Crippen LogP contribution < -0.4 is 10.5 Å². The van der Waals surface area contributed by atoms with Gasteiger partial charge in [-0.1, -0.05) is 11.2 Å². The molecular formula is C8H8N2O2. The number of fused-ring (bicyclic) bond motifs is 1. The van der Waals surface area contributed by atoms with E-state index in [9.17, 15) is 0 Å². The molecule has 0 amide bonds. The normalized spacial score (nSPS) is 10.4. The first-order valence-corrected chi connectivity index (χ1v) is 3.51. The van der Waals surface area contributed by atoms with Crippen LogP contribution in [0.15, 0.2) is 22.7 Å². The average Bonchev–Trinajstić information content (AvgIpc) is 2.48. The van der Waals surface area contributed by atoms with E-state index in [0.717, 1.165) is 5.39 Å². The predicted octanol–water partition coefficient (Wildman–Crippen LogP) is 1.42. The summed E-state index contributed by atoms with van der Waals surface area (Å²) in [5.41, 5.74) is 6.26. The van der Waals surface area contributed by atoms with Gasteiger partial charge in [-0.15, -0.1) is 0 Å². The molecule has 2 N–H and O–H groups in total. The summed E-state index contributed by atoms with van der Waals surface area (Å²) in [6, 6.07) is 5.47. The molecule has 4 nitrogen and oxygen atoms in total. The number of benzene rings is 1. The number of hydrogen-bond acceptors (Lipinski definition) is 4. The lowest BCUT2D eigenvalue weighted by Crippen LogP contribution is -1.86. The largest absolute Gasteiger partial charge is 0.496 e. The maximum Gasteiger partial charge on any atom is 0.233 e. The van der Waals surface area contributed by atoms with Gasteiger partial charge in [0.25, 0.3) is 0 Å². The van der Waals surface area contributed by atoms with E-state index >= 15 is 0 Å². The number of nitrogens with two attached hydrogens (primary N) is 1. The number of rotatable bonds is 1. The lowest BCUT2D eigenvalue weighted by molar-refractivity contribution is 0.418. The minimum absolute atomic E-state index is 0.294. The first-order valence-electron chi connectivity index (χ1n) is 3.51. The summed E-state index contributed by atoms with van der Waals surface area (Å²) in [6.45, 7) is 0. The fraction of sp³-hybridized carbons (Fsp3) is 0.125. The molecule has 0 unspecified atom stereocenters. The molecule has 0 spiro atoms. The van der Waals surface area contributed by atoms with Gasteiger partial charge in [0, 0.05) is 0 Å². The molecule has 4 heteroatoms. The molecule has 0 atom stereocenters. The molecule has 1 aromatic carbocycles. The van der Waals surface area contributed by atoms with E-state index < -0.39 is 0 Å². The number of nitrogen functional groups attached to an aromatic ring is 1. The molecule has 0 saturated carbocycles. The second-order valence-electron chi connectivity index (χ2n) is 2.40. The van der Waals surface area contributed by atoms with Gasteiger partial charge in [-0.25, -0.2) is 0 Å². The number of nitrogens with zero attached hydrogens (tertiary/aromatic N) is 1. The van der Waals surface area contributed by atoms with Gasteiger partial charge in [-0.3, -0.25) is 0 Å². The van der Waals surface area contributed by atoms with Crippen LogP contribution in [0.1, 0.15) is 0 Å². The molecule has 0 aliphatic rings. The molecular weight excluding hydrogens is 156 g/mol. The molecule has 0 aliphatic heterocycles. The monoisotopic (exact) mass is 164 g/mol. The van der Waals surface area contributed by atoms with Crippen LogP contribution in [0.5, 0.6) is 5.75 Å². The SMILES string of the molecule is COc1cccc2noc(N)c12. The molecule has 1 heterocycles. The highest BCUT2D eigenvalue weighted by molar-refractivity contribution is 5.92. The third-order valence-corrected chi connectivity index (χ3v) is 1.71. The predicted molar refractivity (Wildman–Crippen MR) is 45.0 cm³/mol. The van der Waals surface area contributed by atoms with Crippen LogP contribution in [-0.2, 0) is 0 Å². The van der Waals surface area contributed by atoms with Crippen LogP contribution in [-0.4, -0.2) is 12.3 Å². The van der Waals surface area contributed by atoms with Gasteiger partial charge < -0.3 is 15.0 Å². The Labute approximate surface area is 68.9 Å². The Balaban J connectivity index is 2.84. The highest BCUT2D eigenvalue weighted by atomic mass is 16.5. The van der Waals surface area contributed by atoms with E-state index in [1.807, 2.05) is 18.2 Å². The van der Waals surface area contributed by atoms with E-state index in [2.05, 4.69) is 5.16 Å². The second-order valence-corrected chi connectivity index (χ2v) is 2.40. The standard InChI is InChI=1S/C8H8N2O2/c1-11-6-4-2-3-5-7(6)8(9)12-10-5/h2-4H,9H2,1H3. The maximum absolute atomic E-state index is 5.54. The molecule has 0 saturated heterocycles. The molecule has 0 aliphatic carbocycles. The third-order valence-electron chi connectivity index (χ3n) is 1.71. The van der Waals surface area contributed by atoms with Crippen molar-refractivity contribution in [1.29, 1.82) is 0 Å². The van der Waals surface area contributed by atoms with Crippen molar-refractivity contribution in [1.82, 2.24) is 5.16 Å². The average molecular weight is 164 g/mol. The second kappa shape index (κ2) is 2.41. The minimum atomic E-state index is 0.294. The van der Waals surface area contributed by atoms with Crippen molar-refractivity contribution in [2.45, 2.75) is 0 Å². The summed E-state index contributed by atoms with van der Waals surface area (Å²) in [6.07, 6.45) is 0. The fourth-order valence-corrected chi connectivity index (χ4v) is 1.16. The lowest BCUT2D eigenvalue weighted by atomic mass is 10.2. The minimum Gasteiger partial charge on any atom is -0.496 e. The van der Waals surface area contributed by atoms with Crippen molar-refractivity contribution >= 4 is 16.8 Å². The van der Waals surface area contributed by atoms with Crippen LogP contribution in [0.3, 0.4) is 0 Å². The van der Waals surface area contributed by atoms with Crippen molar-refractivity contribution in [3.63, 3.8) is 0 Å². The van der Waals surface area contributed by atoms with Crippen LogP contribution in [0.2, 0.25) is 0 Å². The molecule has 2 rings (SSSR count). The Morgan fingerprint density at radius 1 is 1.50 bits per heavy atom. The maximum atomic E-state index is 5.54.